The van der Waals surface area contributed by atoms with E-state index in [1.54, 1.807) is 36.4 Å². The van der Waals surface area contributed by atoms with Gasteiger partial charge in [0.1, 0.15) is 5.75 Å². The summed E-state index contributed by atoms with van der Waals surface area (Å²) in [7, 11) is 1.53. The molecule has 3 rings (SSSR count). The Balaban J connectivity index is 2.22. The van der Waals surface area contributed by atoms with Gasteiger partial charge in [0.2, 0.25) is 0 Å². The van der Waals surface area contributed by atoms with Gasteiger partial charge in [-0.1, -0.05) is 15.9 Å². The van der Waals surface area contributed by atoms with E-state index in [1.165, 1.54) is 7.11 Å². The number of hydrogen-bond acceptors (Lipinski definition) is 4. The molecule has 0 spiro atoms. The SMILES string of the molecule is COc1ccc(C(=O)n2c(=S)[nH]c3ccc(Br)cc3c2=O)cc1Br. The number of nitrogens with one attached hydrogen (secondary N) is 1. The average Bonchev–Trinajstić information content (AvgIpc) is 2.55. The number of rotatable bonds is 2. The van der Waals surface area contributed by atoms with Gasteiger partial charge in [0.05, 0.1) is 22.5 Å². The summed E-state index contributed by atoms with van der Waals surface area (Å²) >= 11 is 11.8. The molecule has 24 heavy (non-hydrogen) atoms. The topological polar surface area (TPSA) is 64.1 Å². The number of ether oxygens (including phenoxy) is 1. The van der Waals surface area contributed by atoms with Crippen molar-refractivity contribution in [1.29, 1.82) is 0 Å². The minimum atomic E-state index is -0.508. The molecule has 0 saturated heterocycles. The number of hydrogen-bond donors (Lipinski definition) is 1. The lowest BCUT2D eigenvalue weighted by Gasteiger charge is -2.09. The van der Waals surface area contributed by atoms with Crippen LogP contribution in [0.5, 0.6) is 5.75 Å². The molecule has 0 saturated carbocycles. The summed E-state index contributed by atoms with van der Waals surface area (Å²) in [6, 6.07) is 9.99. The Morgan fingerprint density at radius 2 is 1.96 bits per heavy atom. The Bertz CT molecular complexity index is 1090. The van der Waals surface area contributed by atoms with Crippen LogP contribution in [-0.2, 0) is 0 Å². The predicted molar refractivity (Wildman–Crippen MR) is 102 cm³/mol. The fourth-order valence-corrected chi connectivity index (χ4v) is 3.48. The monoisotopic (exact) mass is 468 g/mol. The largest absolute Gasteiger partial charge is 0.496 e. The zero-order valence-corrected chi connectivity index (χ0v) is 16.3. The fourth-order valence-electron chi connectivity index (χ4n) is 2.30. The molecule has 1 N–H and O–H groups in total. The van der Waals surface area contributed by atoms with Gasteiger partial charge in [0, 0.05) is 10.0 Å². The number of nitrogens with zero attached hydrogens (tertiary/aromatic N) is 1. The molecule has 3 aromatic rings. The highest BCUT2D eigenvalue weighted by atomic mass is 79.9. The van der Waals surface area contributed by atoms with E-state index in [1.807, 2.05) is 0 Å². The second kappa shape index (κ2) is 6.62. The predicted octanol–water partition coefficient (Wildman–Crippen LogP) is 4.28. The van der Waals surface area contributed by atoms with E-state index in [9.17, 15) is 9.59 Å². The van der Waals surface area contributed by atoms with Gasteiger partial charge in [-0.05, 0) is 64.5 Å². The number of aromatic nitrogens is 2. The summed E-state index contributed by atoms with van der Waals surface area (Å²) in [4.78, 5) is 28.4. The second-order valence-corrected chi connectivity index (χ2v) is 7.07. The van der Waals surface area contributed by atoms with Crippen LogP contribution in [0.1, 0.15) is 10.4 Å². The maximum absolute atomic E-state index is 12.8. The van der Waals surface area contributed by atoms with E-state index in [4.69, 9.17) is 17.0 Å². The third-order valence-electron chi connectivity index (χ3n) is 3.46. The van der Waals surface area contributed by atoms with Crippen LogP contribution < -0.4 is 10.3 Å². The molecule has 0 aliphatic heterocycles. The van der Waals surface area contributed by atoms with Crippen molar-refractivity contribution in [2.45, 2.75) is 0 Å². The van der Waals surface area contributed by atoms with E-state index in [0.717, 1.165) is 9.04 Å². The van der Waals surface area contributed by atoms with E-state index in [-0.39, 0.29) is 4.77 Å². The zero-order valence-electron chi connectivity index (χ0n) is 12.3. The first-order valence-corrected chi connectivity index (χ1v) is 8.74. The first-order valence-electron chi connectivity index (χ1n) is 6.75. The van der Waals surface area contributed by atoms with Gasteiger partial charge >= 0.3 is 0 Å². The highest BCUT2D eigenvalue weighted by molar-refractivity contribution is 9.10. The van der Waals surface area contributed by atoms with E-state index < -0.39 is 11.5 Å². The van der Waals surface area contributed by atoms with Crippen molar-refractivity contribution in [2.24, 2.45) is 0 Å². The molecule has 0 fully saturated rings. The van der Waals surface area contributed by atoms with Gasteiger partial charge in [-0.3, -0.25) is 9.59 Å². The van der Waals surface area contributed by atoms with Gasteiger partial charge < -0.3 is 9.72 Å². The fraction of sp³-hybridized carbons (Fsp3) is 0.0625. The van der Waals surface area contributed by atoms with Crippen molar-refractivity contribution in [2.75, 3.05) is 7.11 Å². The number of carbonyl (C=O) groups is 1. The maximum Gasteiger partial charge on any atom is 0.269 e. The van der Waals surface area contributed by atoms with Gasteiger partial charge in [0.15, 0.2) is 4.77 Å². The molecule has 1 heterocycles. The summed E-state index contributed by atoms with van der Waals surface area (Å²) in [5.41, 5.74) is 0.429. The number of H-pyrrole nitrogens is 1. The number of methoxy groups -OCH3 is 1. The summed E-state index contributed by atoms with van der Waals surface area (Å²) < 4.78 is 7.50. The second-order valence-electron chi connectivity index (χ2n) is 4.92. The minimum absolute atomic E-state index is 0.0479. The Kier molecular flexibility index (Phi) is 4.71. The van der Waals surface area contributed by atoms with Crippen molar-refractivity contribution < 1.29 is 9.53 Å². The van der Waals surface area contributed by atoms with Crippen LogP contribution in [0.3, 0.4) is 0 Å². The molecule has 0 amide bonds. The van der Waals surface area contributed by atoms with Crippen LogP contribution in [0.2, 0.25) is 0 Å². The lowest BCUT2D eigenvalue weighted by atomic mass is 10.2. The van der Waals surface area contributed by atoms with Crippen LogP contribution in [0.4, 0.5) is 0 Å². The zero-order chi connectivity index (χ0) is 17.4. The Hall–Kier alpha value is -1.77. The Morgan fingerprint density at radius 1 is 1.21 bits per heavy atom. The van der Waals surface area contributed by atoms with E-state index in [2.05, 4.69) is 36.8 Å². The first-order chi connectivity index (χ1) is 11.4. The maximum atomic E-state index is 12.8. The van der Waals surface area contributed by atoms with E-state index >= 15 is 0 Å². The summed E-state index contributed by atoms with van der Waals surface area (Å²) in [6.45, 7) is 0. The van der Waals surface area contributed by atoms with E-state index in [0.29, 0.717) is 26.7 Å². The van der Waals surface area contributed by atoms with Crippen molar-refractivity contribution in [3.63, 3.8) is 0 Å². The molecule has 0 atom stereocenters. The molecular weight excluding hydrogens is 460 g/mol. The summed E-state index contributed by atoms with van der Waals surface area (Å²) in [5.74, 6) is 0.0815. The van der Waals surface area contributed by atoms with Crippen molar-refractivity contribution in [3.8, 4) is 5.75 Å². The molecule has 1 aromatic heterocycles. The van der Waals surface area contributed by atoms with Gasteiger partial charge in [-0.15, -0.1) is 0 Å². The molecular formula is C16H10Br2N2O3S. The van der Waals surface area contributed by atoms with Crippen molar-refractivity contribution in [3.05, 3.63) is 66.0 Å². The molecule has 0 radical (unpaired) electrons. The Labute approximate surface area is 158 Å². The lowest BCUT2D eigenvalue weighted by molar-refractivity contribution is 0.0953. The molecule has 8 heteroatoms. The number of benzene rings is 2. The molecule has 2 aromatic carbocycles. The molecule has 5 nitrogen and oxygen atoms in total. The molecule has 0 bridgehead atoms. The summed E-state index contributed by atoms with van der Waals surface area (Å²) in [5, 5.41) is 0.374. The van der Waals surface area contributed by atoms with Gasteiger partial charge in [-0.2, -0.15) is 0 Å². The highest BCUT2D eigenvalue weighted by Gasteiger charge is 2.16. The van der Waals surface area contributed by atoms with Gasteiger partial charge in [0.25, 0.3) is 11.5 Å². The molecule has 122 valence electrons. The smallest absolute Gasteiger partial charge is 0.269 e. The van der Waals surface area contributed by atoms with Crippen molar-refractivity contribution in [1.82, 2.24) is 9.55 Å². The third kappa shape index (κ3) is 2.97. The summed E-state index contributed by atoms with van der Waals surface area (Å²) in [6.07, 6.45) is 0. The van der Waals surface area contributed by atoms with Crippen molar-refractivity contribution >= 4 is 60.9 Å². The number of halogens is 2. The van der Waals surface area contributed by atoms with Crippen LogP contribution in [0, 0.1) is 4.77 Å². The molecule has 0 aliphatic rings. The average molecular weight is 470 g/mol. The number of aromatic amines is 1. The number of carbonyl (C=O) groups excluding carboxylic acids is 1. The Morgan fingerprint density at radius 3 is 2.62 bits per heavy atom. The van der Waals surface area contributed by atoms with Crippen LogP contribution in [0.15, 0.2) is 50.1 Å². The molecule has 0 unspecified atom stereocenters. The van der Waals surface area contributed by atoms with Crippen LogP contribution >= 0.6 is 44.1 Å². The van der Waals surface area contributed by atoms with Gasteiger partial charge in [-0.25, -0.2) is 4.57 Å². The first kappa shape index (κ1) is 17.1. The highest BCUT2D eigenvalue weighted by Crippen LogP contribution is 2.26. The normalized spacial score (nSPS) is 10.8. The quantitative estimate of drug-likeness (QED) is 0.569. The lowest BCUT2D eigenvalue weighted by Crippen LogP contribution is -2.29. The van der Waals surface area contributed by atoms with Crippen LogP contribution in [-0.4, -0.2) is 22.6 Å². The molecule has 0 aliphatic carbocycles. The minimum Gasteiger partial charge on any atom is -0.496 e. The number of fused-ring (bicyclic) bond motifs is 1. The van der Waals surface area contributed by atoms with Crippen LogP contribution in [0.25, 0.3) is 10.9 Å². The third-order valence-corrected chi connectivity index (χ3v) is 4.86. The standard InChI is InChI=1S/C16H10Br2N2O3S/c1-23-13-5-2-8(6-11(13)18)14(21)20-15(22)10-7-9(17)3-4-12(10)19-16(20)24/h2-7H,1H3,(H,19,24).